The lowest BCUT2D eigenvalue weighted by atomic mass is 9.87. The van der Waals surface area contributed by atoms with Crippen LogP contribution in [0, 0.1) is 0 Å². The van der Waals surface area contributed by atoms with Crippen LogP contribution in [0.15, 0.2) is 41.4 Å². The van der Waals surface area contributed by atoms with Crippen LogP contribution in [-0.2, 0) is 15.4 Å². The number of nitrogens with one attached hydrogen (secondary N) is 1. The standard InChI is InChI=1S/C29H44N6O2S/c1-29(2,3)23-10-12-26(13-11-23)38(36,37)35-19-8-9-25(22-35)34-20-15-24(21-34)31-28-30-16-14-27(32-28)33-17-6-4-5-7-18-33/h10-14,16,24-25H,4-9,15,17-22H2,1-3H3,(H,30,31,32). The van der Waals surface area contributed by atoms with Gasteiger partial charge >= 0.3 is 0 Å². The molecule has 208 valence electrons. The Balaban J connectivity index is 1.19. The van der Waals surface area contributed by atoms with Gasteiger partial charge in [-0.05, 0) is 61.3 Å². The normalized spacial score (nSPS) is 24.3. The van der Waals surface area contributed by atoms with Gasteiger partial charge in [-0.2, -0.15) is 9.29 Å². The number of nitrogens with zero attached hydrogens (tertiary/aromatic N) is 5. The van der Waals surface area contributed by atoms with Crippen LogP contribution in [0.4, 0.5) is 11.8 Å². The fourth-order valence-electron chi connectivity index (χ4n) is 6.03. The molecular weight excluding hydrogens is 496 g/mol. The number of likely N-dealkylation sites (tertiary alicyclic amines) is 1. The summed E-state index contributed by atoms with van der Waals surface area (Å²) in [6, 6.07) is 9.98. The highest BCUT2D eigenvalue weighted by Gasteiger charge is 2.36. The molecular formula is C29H44N6O2S. The van der Waals surface area contributed by atoms with Crippen LogP contribution in [0.1, 0.15) is 71.3 Å². The van der Waals surface area contributed by atoms with Crippen LogP contribution in [-0.4, -0.2) is 78.9 Å². The van der Waals surface area contributed by atoms with Gasteiger partial charge in [0.25, 0.3) is 0 Å². The summed E-state index contributed by atoms with van der Waals surface area (Å²) in [5.74, 6) is 1.72. The average molecular weight is 541 g/mol. The molecule has 0 aliphatic carbocycles. The van der Waals surface area contributed by atoms with E-state index in [-0.39, 0.29) is 17.5 Å². The summed E-state index contributed by atoms with van der Waals surface area (Å²) in [4.78, 5) is 14.6. The van der Waals surface area contributed by atoms with E-state index in [1.165, 1.54) is 25.7 Å². The summed E-state index contributed by atoms with van der Waals surface area (Å²) in [7, 11) is -3.50. The number of anilines is 2. The molecule has 2 unspecified atom stereocenters. The molecule has 0 saturated carbocycles. The molecule has 4 heterocycles. The zero-order valence-electron chi connectivity index (χ0n) is 23.3. The van der Waals surface area contributed by atoms with E-state index in [1.54, 1.807) is 16.4 Å². The molecule has 0 amide bonds. The number of benzene rings is 1. The summed E-state index contributed by atoms with van der Waals surface area (Å²) in [5.41, 5.74) is 1.14. The summed E-state index contributed by atoms with van der Waals surface area (Å²) >= 11 is 0. The summed E-state index contributed by atoms with van der Waals surface area (Å²) in [6.45, 7) is 11.5. The molecule has 8 nitrogen and oxygen atoms in total. The van der Waals surface area contributed by atoms with Crippen LogP contribution in [0.25, 0.3) is 0 Å². The van der Waals surface area contributed by atoms with Gasteiger partial charge in [0.15, 0.2) is 0 Å². The van der Waals surface area contributed by atoms with Crippen LogP contribution in [0.2, 0.25) is 0 Å². The number of piperidine rings is 1. The van der Waals surface area contributed by atoms with Gasteiger partial charge in [0.1, 0.15) is 5.82 Å². The van der Waals surface area contributed by atoms with Crippen molar-refractivity contribution < 1.29 is 8.42 Å². The van der Waals surface area contributed by atoms with Gasteiger partial charge in [-0.3, -0.25) is 4.90 Å². The van der Waals surface area contributed by atoms with E-state index in [0.29, 0.717) is 23.9 Å². The van der Waals surface area contributed by atoms with Gasteiger partial charge in [-0.15, -0.1) is 0 Å². The van der Waals surface area contributed by atoms with Crippen molar-refractivity contribution in [3.8, 4) is 0 Å². The molecule has 3 aliphatic heterocycles. The van der Waals surface area contributed by atoms with Gasteiger partial charge in [-0.25, -0.2) is 13.4 Å². The van der Waals surface area contributed by atoms with Crippen LogP contribution >= 0.6 is 0 Å². The molecule has 2 aromatic rings. The number of rotatable bonds is 6. The van der Waals surface area contributed by atoms with Crippen molar-refractivity contribution in [1.82, 2.24) is 19.2 Å². The fraction of sp³-hybridized carbons (Fsp3) is 0.655. The Bertz CT molecular complexity index is 1170. The molecule has 1 aromatic carbocycles. The third-order valence-electron chi connectivity index (χ3n) is 8.36. The molecule has 0 spiro atoms. The van der Waals surface area contributed by atoms with E-state index in [2.05, 4.69) is 40.9 Å². The predicted molar refractivity (Wildman–Crippen MR) is 153 cm³/mol. The van der Waals surface area contributed by atoms with Gasteiger partial charge < -0.3 is 10.2 Å². The summed E-state index contributed by atoms with van der Waals surface area (Å²) in [6.07, 6.45) is 9.83. The third kappa shape index (κ3) is 6.32. The highest BCUT2D eigenvalue weighted by molar-refractivity contribution is 7.89. The number of hydrogen-bond acceptors (Lipinski definition) is 7. The third-order valence-corrected chi connectivity index (χ3v) is 10.2. The Morgan fingerprint density at radius 2 is 1.61 bits per heavy atom. The van der Waals surface area contributed by atoms with Gasteiger partial charge in [0.05, 0.1) is 4.90 Å². The maximum absolute atomic E-state index is 13.5. The van der Waals surface area contributed by atoms with Crippen molar-refractivity contribution in [2.24, 2.45) is 0 Å². The van der Waals surface area contributed by atoms with Crippen LogP contribution in [0.5, 0.6) is 0 Å². The minimum absolute atomic E-state index is 0.00187. The summed E-state index contributed by atoms with van der Waals surface area (Å²) in [5, 5.41) is 3.57. The smallest absolute Gasteiger partial charge is 0.243 e. The van der Waals surface area contributed by atoms with Crippen molar-refractivity contribution >= 4 is 21.8 Å². The Hall–Kier alpha value is -2.23. The molecule has 2 atom stereocenters. The van der Waals surface area contributed by atoms with Crippen molar-refractivity contribution in [3.63, 3.8) is 0 Å². The largest absolute Gasteiger partial charge is 0.356 e. The van der Waals surface area contributed by atoms with Crippen molar-refractivity contribution in [2.45, 2.75) is 88.1 Å². The molecule has 3 aliphatic rings. The molecule has 0 bridgehead atoms. The zero-order valence-corrected chi connectivity index (χ0v) is 24.1. The van der Waals surface area contributed by atoms with E-state index >= 15 is 0 Å². The molecule has 0 radical (unpaired) electrons. The number of sulfonamides is 1. The molecule has 5 rings (SSSR count). The second-order valence-electron chi connectivity index (χ2n) is 12.2. The second-order valence-corrected chi connectivity index (χ2v) is 14.1. The molecule has 38 heavy (non-hydrogen) atoms. The topological polar surface area (TPSA) is 81.7 Å². The van der Waals surface area contributed by atoms with Gasteiger partial charge in [-0.1, -0.05) is 45.7 Å². The first-order valence-corrected chi connectivity index (χ1v) is 15.8. The first kappa shape index (κ1) is 27.3. The van der Waals surface area contributed by atoms with Crippen molar-refractivity contribution in [3.05, 3.63) is 42.1 Å². The SMILES string of the molecule is CC(C)(C)c1ccc(S(=O)(=O)N2CCCC(N3CCC(Nc4nccc(N5CCCCCC5)n4)C3)C2)cc1. The maximum atomic E-state index is 13.5. The summed E-state index contributed by atoms with van der Waals surface area (Å²) < 4.78 is 28.6. The first-order valence-electron chi connectivity index (χ1n) is 14.4. The minimum atomic E-state index is -3.50. The lowest BCUT2D eigenvalue weighted by Gasteiger charge is -2.37. The Labute approximate surface area is 228 Å². The van der Waals surface area contributed by atoms with E-state index in [1.807, 2.05) is 24.4 Å². The molecule has 3 fully saturated rings. The van der Waals surface area contributed by atoms with E-state index in [0.717, 1.165) is 56.8 Å². The van der Waals surface area contributed by atoms with Crippen LogP contribution in [0.3, 0.4) is 0 Å². The number of aromatic nitrogens is 2. The lowest BCUT2D eigenvalue weighted by Crippen LogP contribution is -2.49. The molecule has 9 heteroatoms. The van der Waals surface area contributed by atoms with E-state index in [4.69, 9.17) is 4.98 Å². The van der Waals surface area contributed by atoms with Gasteiger partial charge in [0.2, 0.25) is 16.0 Å². The van der Waals surface area contributed by atoms with Crippen molar-refractivity contribution in [2.75, 3.05) is 49.5 Å². The molecule has 3 saturated heterocycles. The van der Waals surface area contributed by atoms with Gasteiger partial charge in [0, 0.05) is 57.5 Å². The predicted octanol–water partition coefficient (Wildman–Crippen LogP) is 4.49. The highest BCUT2D eigenvalue weighted by Crippen LogP contribution is 2.28. The minimum Gasteiger partial charge on any atom is -0.356 e. The molecule has 1 N–H and O–H groups in total. The zero-order chi connectivity index (χ0) is 26.8. The Morgan fingerprint density at radius 1 is 0.868 bits per heavy atom. The quantitative estimate of drug-likeness (QED) is 0.578. The Kier molecular flexibility index (Phi) is 8.26. The second kappa shape index (κ2) is 11.5. The van der Waals surface area contributed by atoms with Crippen LogP contribution < -0.4 is 10.2 Å². The highest BCUT2D eigenvalue weighted by atomic mass is 32.2. The molecule has 1 aromatic heterocycles. The first-order chi connectivity index (χ1) is 18.2. The monoisotopic (exact) mass is 540 g/mol. The average Bonchev–Trinajstić information content (AvgIpc) is 3.20. The number of hydrogen-bond donors (Lipinski definition) is 1. The Morgan fingerprint density at radius 3 is 2.32 bits per heavy atom. The van der Waals surface area contributed by atoms with E-state index in [9.17, 15) is 8.42 Å². The maximum Gasteiger partial charge on any atom is 0.243 e. The lowest BCUT2D eigenvalue weighted by molar-refractivity contribution is 0.161. The fourth-order valence-corrected chi connectivity index (χ4v) is 7.54. The van der Waals surface area contributed by atoms with E-state index < -0.39 is 10.0 Å². The van der Waals surface area contributed by atoms with Crippen molar-refractivity contribution in [1.29, 1.82) is 0 Å².